The standard InChI is InChI=1S/C21H32O2/c1-4-5-6-7-13-21(2,3)17-11-12-19(20(23)15-17)16-9-8-10-18(22)14-16/h11-12,14-15,18,22-23H,4-10,13H2,1-3H3. The molecule has 0 aromatic heterocycles. The molecule has 0 amide bonds. The molecule has 0 spiro atoms. The zero-order valence-electron chi connectivity index (χ0n) is 14.9. The molecule has 1 aliphatic carbocycles. The van der Waals surface area contributed by atoms with Crippen molar-refractivity contribution < 1.29 is 10.2 Å². The Morgan fingerprint density at radius 2 is 1.96 bits per heavy atom. The first-order chi connectivity index (χ1) is 10.9. The van der Waals surface area contributed by atoms with Gasteiger partial charge in [0.2, 0.25) is 0 Å². The third-order valence-electron chi connectivity index (χ3n) is 5.12. The quantitative estimate of drug-likeness (QED) is 0.646. The summed E-state index contributed by atoms with van der Waals surface area (Å²) >= 11 is 0. The number of hydrogen-bond acceptors (Lipinski definition) is 2. The van der Waals surface area contributed by atoms with Crippen molar-refractivity contribution in [2.75, 3.05) is 0 Å². The fraction of sp³-hybridized carbons (Fsp3) is 0.619. The van der Waals surface area contributed by atoms with E-state index in [9.17, 15) is 10.2 Å². The fourth-order valence-corrected chi connectivity index (χ4v) is 3.49. The predicted octanol–water partition coefficient (Wildman–Crippen LogP) is 5.57. The van der Waals surface area contributed by atoms with Crippen LogP contribution in [-0.2, 0) is 5.41 Å². The van der Waals surface area contributed by atoms with Gasteiger partial charge < -0.3 is 10.2 Å². The van der Waals surface area contributed by atoms with Gasteiger partial charge in [0.1, 0.15) is 5.75 Å². The number of aliphatic hydroxyl groups excluding tert-OH is 1. The molecule has 1 aliphatic rings. The van der Waals surface area contributed by atoms with Crippen LogP contribution in [0.5, 0.6) is 5.75 Å². The smallest absolute Gasteiger partial charge is 0.123 e. The number of phenolic OH excluding ortho intramolecular Hbond substituents is 1. The van der Waals surface area contributed by atoms with Crippen LogP contribution in [0.1, 0.15) is 83.3 Å². The molecule has 0 saturated heterocycles. The van der Waals surface area contributed by atoms with Crippen LogP contribution in [0.4, 0.5) is 0 Å². The summed E-state index contributed by atoms with van der Waals surface area (Å²) in [5, 5.41) is 20.3. The molecule has 2 nitrogen and oxygen atoms in total. The van der Waals surface area contributed by atoms with Gasteiger partial charge in [-0.2, -0.15) is 0 Å². The molecule has 0 saturated carbocycles. The molecule has 2 N–H and O–H groups in total. The minimum Gasteiger partial charge on any atom is -0.507 e. The number of benzene rings is 1. The van der Waals surface area contributed by atoms with Gasteiger partial charge in [0.05, 0.1) is 6.10 Å². The lowest BCUT2D eigenvalue weighted by atomic mass is 9.79. The molecular weight excluding hydrogens is 284 g/mol. The average molecular weight is 316 g/mol. The first kappa shape index (κ1) is 18.1. The van der Waals surface area contributed by atoms with Crippen LogP contribution in [0.3, 0.4) is 0 Å². The molecule has 0 bridgehead atoms. The van der Waals surface area contributed by atoms with E-state index in [0.717, 1.165) is 36.8 Å². The lowest BCUT2D eigenvalue weighted by molar-refractivity contribution is 0.206. The van der Waals surface area contributed by atoms with Crippen molar-refractivity contribution in [1.29, 1.82) is 0 Å². The molecule has 1 atom stereocenters. The third kappa shape index (κ3) is 4.84. The Hall–Kier alpha value is -1.28. The van der Waals surface area contributed by atoms with E-state index in [-0.39, 0.29) is 11.5 Å². The van der Waals surface area contributed by atoms with Gasteiger partial charge in [0.25, 0.3) is 0 Å². The van der Waals surface area contributed by atoms with E-state index in [1.54, 1.807) is 0 Å². The Labute approximate surface area is 141 Å². The van der Waals surface area contributed by atoms with E-state index >= 15 is 0 Å². The topological polar surface area (TPSA) is 40.5 Å². The number of aromatic hydroxyl groups is 1. The maximum atomic E-state index is 10.5. The molecule has 0 heterocycles. The summed E-state index contributed by atoms with van der Waals surface area (Å²) in [5.74, 6) is 0.351. The largest absolute Gasteiger partial charge is 0.507 e. The Morgan fingerprint density at radius 1 is 1.17 bits per heavy atom. The Bertz CT molecular complexity index is 543. The first-order valence-electron chi connectivity index (χ1n) is 9.16. The monoisotopic (exact) mass is 316 g/mol. The fourth-order valence-electron chi connectivity index (χ4n) is 3.49. The van der Waals surface area contributed by atoms with Gasteiger partial charge in [-0.25, -0.2) is 0 Å². The van der Waals surface area contributed by atoms with E-state index in [1.165, 1.54) is 31.2 Å². The van der Waals surface area contributed by atoms with E-state index < -0.39 is 0 Å². The van der Waals surface area contributed by atoms with Crippen LogP contribution in [0.2, 0.25) is 0 Å². The summed E-state index contributed by atoms with van der Waals surface area (Å²) in [4.78, 5) is 0. The molecule has 0 radical (unpaired) electrons. The summed E-state index contributed by atoms with van der Waals surface area (Å²) in [6, 6.07) is 6.11. The highest BCUT2D eigenvalue weighted by molar-refractivity contribution is 5.71. The third-order valence-corrected chi connectivity index (χ3v) is 5.12. The molecular formula is C21H32O2. The summed E-state index contributed by atoms with van der Waals surface area (Å²) in [7, 11) is 0. The molecule has 1 aromatic rings. The average Bonchev–Trinajstić information content (AvgIpc) is 2.51. The normalized spacial score (nSPS) is 18.8. The highest BCUT2D eigenvalue weighted by atomic mass is 16.3. The van der Waals surface area contributed by atoms with Gasteiger partial charge in [0, 0.05) is 5.56 Å². The SMILES string of the molecule is CCCCCCC(C)(C)c1ccc(C2=CC(O)CCC2)c(O)c1. The second-order valence-corrected chi connectivity index (χ2v) is 7.58. The molecule has 128 valence electrons. The van der Waals surface area contributed by atoms with Gasteiger partial charge in [0.15, 0.2) is 0 Å². The minimum absolute atomic E-state index is 0.0875. The van der Waals surface area contributed by atoms with Crippen LogP contribution in [0.25, 0.3) is 5.57 Å². The molecule has 1 unspecified atom stereocenters. The van der Waals surface area contributed by atoms with Crippen LogP contribution in [-0.4, -0.2) is 16.3 Å². The highest BCUT2D eigenvalue weighted by Gasteiger charge is 2.22. The number of unbranched alkanes of at least 4 members (excludes halogenated alkanes) is 3. The zero-order valence-corrected chi connectivity index (χ0v) is 14.9. The van der Waals surface area contributed by atoms with Crippen LogP contribution in [0, 0.1) is 0 Å². The van der Waals surface area contributed by atoms with Gasteiger partial charge >= 0.3 is 0 Å². The summed E-state index contributed by atoms with van der Waals surface area (Å²) < 4.78 is 0. The maximum Gasteiger partial charge on any atom is 0.123 e. The molecule has 1 aromatic carbocycles. The zero-order chi connectivity index (χ0) is 16.9. The maximum absolute atomic E-state index is 10.5. The lowest BCUT2D eigenvalue weighted by Crippen LogP contribution is -2.17. The highest BCUT2D eigenvalue weighted by Crippen LogP contribution is 2.37. The van der Waals surface area contributed by atoms with Gasteiger partial charge in [-0.05, 0) is 48.3 Å². The van der Waals surface area contributed by atoms with Crippen molar-refractivity contribution in [2.45, 2.75) is 83.7 Å². The van der Waals surface area contributed by atoms with Crippen molar-refractivity contribution in [2.24, 2.45) is 0 Å². The number of hydrogen-bond donors (Lipinski definition) is 2. The van der Waals surface area contributed by atoms with Crippen LogP contribution in [0.15, 0.2) is 24.3 Å². The predicted molar refractivity (Wildman–Crippen MR) is 97.7 cm³/mol. The number of allylic oxidation sites excluding steroid dienone is 1. The Morgan fingerprint density at radius 3 is 2.61 bits per heavy atom. The van der Waals surface area contributed by atoms with Crippen molar-refractivity contribution in [1.82, 2.24) is 0 Å². The summed E-state index contributed by atoms with van der Waals surface area (Å²) in [6.07, 6.45) is 10.5. The van der Waals surface area contributed by atoms with Crippen LogP contribution < -0.4 is 0 Å². The second-order valence-electron chi connectivity index (χ2n) is 7.58. The number of phenols is 1. The van der Waals surface area contributed by atoms with Gasteiger partial charge in [-0.1, -0.05) is 64.7 Å². The number of rotatable bonds is 7. The van der Waals surface area contributed by atoms with Crippen molar-refractivity contribution in [3.63, 3.8) is 0 Å². The molecule has 0 aliphatic heterocycles. The van der Waals surface area contributed by atoms with Crippen LogP contribution >= 0.6 is 0 Å². The molecule has 2 heteroatoms. The van der Waals surface area contributed by atoms with E-state index in [0.29, 0.717) is 5.75 Å². The van der Waals surface area contributed by atoms with E-state index in [1.807, 2.05) is 18.2 Å². The molecule has 0 fully saturated rings. The van der Waals surface area contributed by atoms with Crippen molar-refractivity contribution in [3.05, 3.63) is 35.4 Å². The molecule has 23 heavy (non-hydrogen) atoms. The molecule has 2 rings (SSSR count). The first-order valence-corrected chi connectivity index (χ1v) is 9.16. The minimum atomic E-state index is -0.368. The van der Waals surface area contributed by atoms with Gasteiger partial charge in [-0.15, -0.1) is 0 Å². The number of aliphatic hydroxyl groups is 1. The van der Waals surface area contributed by atoms with E-state index in [4.69, 9.17) is 0 Å². The lowest BCUT2D eigenvalue weighted by Gasteiger charge is -2.26. The van der Waals surface area contributed by atoms with E-state index in [2.05, 4.69) is 26.8 Å². The van der Waals surface area contributed by atoms with Gasteiger partial charge in [-0.3, -0.25) is 0 Å². The summed E-state index contributed by atoms with van der Waals surface area (Å²) in [6.45, 7) is 6.76. The second kappa shape index (κ2) is 8.01. The Balaban J connectivity index is 2.12. The van der Waals surface area contributed by atoms with Crippen molar-refractivity contribution in [3.8, 4) is 5.75 Å². The summed E-state index contributed by atoms with van der Waals surface area (Å²) in [5.41, 5.74) is 3.25. The Kier molecular flexibility index (Phi) is 6.29. The van der Waals surface area contributed by atoms with Crippen molar-refractivity contribution >= 4 is 5.57 Å².